The number of Topliss-reactive ketones (excluding diaryl/α,β-unsaturated/α-hetero) is 1. The normalized spacial score (nSPS) is 20.3. The molecule has 2 aliphatic rings. The molecule has 8 heteroatoms. The van der Waals surface area contributed by atoms with Crippen LogP contribution in [0.1, 0.15) is 10.4 Å². The molecule has 0 atom stereocenters. The number of carbonyl (C=O) groups is 2. The molecule has 152 valence electrons. The number of fused-ring (bicyclic) bond motifs is 1. The molecule has 2 heterocycles. The zero-order chi connectivity index (χ0) is 20.2. The highest BCUT2D eigenvalue weighted by molar-refractivity contribution is 5.97. The van der Waals surface area contributed by atoms with Gasteiger partial charge in [0.25, 0.3) is 5.91 Å². The van der Waals surface area contributed by atoms with Crippen LogP contribution in [0.3, 0.4) is 0 Å². The fourth-order valence-corrected chi connectivity index (χ4v) is 3.68. The standard InChI is InChI=1S/C21H22FN3O4/c22-16-2-4-17(5-3-16)23-21(27)13-25-9-7-24(8-10-25)12-18(26)15-1-6-19-20(11-15)29-14-28-19/h1-6,11H,7-10,12-14H2,(H,23,27)/p+2. The molecule has 2 aliphatic heterocycles. The van der Waals surface area contributed by atoms with Crippen molar-refractivity contribution in [3.8, 4) is 11.5 Å². The summed E-state index contributed by atoms with van der Waals surface area (Å²) in [6.45, 7) is 4.28. The number of anilines is 1. The van der Waals surface area contributed by atoms with E-state index in [0.717, 1.165) is 26.2 Å². The number of ether oxygens (including phenoxy) is 2. The smallest absolute Gasteiger partial charge is 0.279 e. The van der Waals surface area contributed by atoms with Crippen molar-refractivity contribution in [3.05, 3.63) is 53.8 Å². The Morgan fingerprint density at radius 3 is 2.28 bits per heavy atom. The maximum Gasteiger partial charge on any atom is 0.279 e. The number of benzene rings is 2. The average molecular weight is 401 g/mol. The number of hydrogen-bond acceptors (Lipinski definition) is 4. The van der Waals surface area contributed by atoms with Crippen LogP contribution < -0.4 is 24.6 Å². The fraction of sp³-hybridized carbons (Fsp3) is 0.333. The molecule has 4 rings (SSSR count). The lowest BCUT2D eigenvalue weighted by Crippen LogP contribution is -3.28. The molecular formula is C21H24FN3O4+2. The summed E-state index contributed by atoms with van der Waals surface area (Å²) in [5.74, 6) is 0.947. The van der Waals surface area contributed by atoms with Crippen LogP contribution >= 0.6 is 0 Å². The summed E-state index contributed by atoms with van der Waals surface area (Å²) in [6.07, 6.45) is 0. The van der Waals surface area contributed by atoms with E-state index in [-0.39, 0.29) is 24.3 Å². The van der Waals surface area contributed by atoms with Gasteiger partial charge in [-0.3, -0.25) is 9.59 Å². The fourth-order valence-electron chi connectivity index (χ4n) is 3.68. The van der Waals surface area contributed by atoms with Gasteiger partial charge < -0.3 is 24.6 Å². The number of amides is 1. The second kappa shape index (κ2) is 8.59. The summed E-state index contributed by atoms with van der Waals surface area (Å²) in [5, 5.41) is 2.79. The molecule has 0 aliphatic carbocycles. The molecule has 2 aromatic carbocycles. The van der Waals surface area contributed by atoms with Crippen LogP contribution in [0.4, 0.5) is 10.1 Å². The molecule has 0 bridgehead atoms. The summed E-state index contributed by atoms with van der Waals surface area (Å²) < 4.78 is 23.6. The number of hydrogen-bond donors (Lipinski definition) is 3. The molecule has 0 radical (unpaired) electrons. The van der Waals surface area contributed by atoms with Crippen LogP contribution in [0.5, 0.6) is 11.5 Å². The lowest BCUT2D eigenvalue weighted by atomic mass is 10.1. The van der Waals surface area contributed by atoms with Crippen molar-refractivity contribution in [2.24, 2.45) is 0 Å². The van der Waals surface area contributed by atoms with Crippen molar-refractivity contribution in [1.29, 1.82) is 0 Å². The van der Waals surface area contributed by atoms with Crippen LogP contribution in [0.25, 0.3) is 0 Å². The zero-order valence-electron chi connectivity index (χ0n) is 16.0. The first-order valence-corrected chi connectivity index (χ1v) is 9.72. The van der Waals surface area contributed by atoms with E-state index < -0.39 is 0 Å². The third-order valence-corrected chi connectivity index (χ3v) is 5.31. The Kier molecular flexibility index (Phi) is 5.73. The van der Waals surface area contributed by atoms with Gasteiger partial charge in [-0.25, -0.2) is 4.39 Å². The third kappa shape index (κ3) is 4.90. The Morgan fingerprint density at radius 2 is 1.55 bits per heavy atom. The predicted octanol–water partition coefficient (Wildman–Crippen LogP) is -0.841. The van der Waals surface area contributed by atoms with Gasteiger partial charge in [-0.2, -0.15) is 0 Å². The quantitative estimate of drug-likeness (QED) is 0.552. The van der Waals surface area contributed by atoms with E-state index in [9.17, 15) is 14.0 Å². The van der Waals surface area contributed by atoms with Crippen LogP contribution in [0.2, 0.25) is 0 Å². The molecule has 0 saturated carbocycles. The van der Waals surface area contributed by atoms with Gasteiger partial charge in [0, 0.05) is 11.3 Å². The molecule has 3 N–H and O–H groups in total. The topological polar surface area (TPSA) is 73.5 Å². The second-order valence-electron chi connectivity index (χ2n) is 7.40. The highest BCUT2D eigenvalue weighted by Gasteiger charge is 2.27. The summed E-state index contributed by atoms with van der Waals surface area (Å²) in [6, 6.07) is 11.0. The SMILES string of the molecule is O=C(C[NH+]1CC[NH+](CC(=O)c2ccc3c(c2)OCO3)CC1)Nc1ccc(F)cc1. The van der Waals surface area contributed by atoms with Gasteiger partial charge in [0.05, 0.1) is 0 Å². The molecule has 1 fully saturated rings. The lowest BCUT2D eigenvalue weighted by Gasteiger charge is -2.29. The number of nitrogens with one attached hydrogen (secondary N) is 3. The van der Waals surface area contributed by atoms with Crippen molar-refractivity contribution in [2.45, 2.75) is 0 Å². The van der Waals surface area contributed by atoms with Crippen molar-refractivity contribution in [2.75, 3.05) is 51.4 Å². The lowest BCUT2D eigenvalue weighted by molar-refractivity contribution is -1.00. The molecule has 29 heavy (non-hydrogen) atoms. The minimum absolute atomic E-state index is 0.0794. The van der Waals surface area contributed by atoms with Gasteiger partial charge >= 0.3 is 0 Å². The molecular weight excluding hydrogens is 377 g/mol. The average Bonchev–Trinajstić information content (AvgIpc) is 3.19. The molecule has 1 saturated heterocycles. The molecule has 7 nitrogen and oxygen atoms in total. The predicted molar refractivity (Wildman–Crippen MR) is 103 cm³/mol. The zero-order valence-corrected chi connectivity index (χ0v) is 16.0. The van der Waals surface area contributed by atoms with Crippen LogP contribution in [-0.2, 0) is 4.79 Å². The van der Waals surface area contributed by atoms with Gasteiger partial charge in [-0.1, -0.05) is 0 Å². The number of piperazine rings is 1. The van der Waals surface area contributed by atoms with Crippen molar-refractivity contribution in [3.63, 3.8) is 0 Å². The molecule has 0 unspecified atom stereocenters. The van der Waals surface area contributed by atoms with E-state index in [1.807, 2.05) is 0 Å². The summed E-state index contributed by atoms with van der Waals surface area (Å²) in [5.41, 5.74) is 1.23. The molecule has 0 spiro atoms. The van der Waals surface area contributed by atoms with E-state index >= 15 is 0 Å². The van der Waals surface area contributed by atoms with Gasteiger partial charge in [0.1, 0.15) is 38.5 Å². The van der Waals surface area contributed by atoms with Gasteiger partial charge in [0.2, 0.25) is 12.6 Å². The Balaban J connectivity index is 1.22. The largest absolute Gasteiger partial charge is 0.454 e. The van der Waals surface area contributed by atoms with Crippen LogP contribution in [-0.4, -0.2) is 57.8 Å². The summed E-state index contributed by atoms with van der Waals surface area (Å²) >= 11 is 0. The summed E-state index contributed by atoms with van der Waals surface area (Å²) in [4.78, 5) is 27.2. The van der Waals surface area contributed by atoms with Gasteiger partial charge in [0.15, 0.2) is 18.0 Å². The maximum absolute atomic E-state index is 12.9. The van der Waals surface area contributed by atoms with E-state index in [2.05, 4.69) is 5.32 Å². The number of halogens is 1. The van der Waals surface area contributed by atoms with Crippen molar-refractivity contribution >= 4 is 17.4 Å². The molecule has 1 amide bonds. The number of rotatable bonds is 6. The first-order valence-electron chi connectivity index (χ1n) is 9.72. The second-order valence-corrected chi connectivity index (χ2v) is 7.40. The monoisotopic (exact) mass is 401 g/mol. The van der Waals surface area contributed by atoms with Crippen LogP contribution in [0, 0.1) is 5.82 Å². The van der Waals surface area contributed by atoms with E-state index in [0.29, 0.717) is 35.8 Å². The maximum atomic E-state index is 12.9. The number of ketones is 1. The first kappa shape index (κ1) is 19.4. The van der Waals surface area contributed by atoms with E-state index in [1.54, 1.807) is 30.3 Å². The summed E-state index contributed by atoms with van der Waals surface area (Å²) in [7, 11) is 0. The van der Waals surface area contributed by atoms with E-state index in [1.165, 1.54) is 21.9 Å². The van der Waals surface area contributed by atoms with E-state index in [4.69, 9.17) is 9.47 Å². The minimum Gasteiger partial charge on any atom is -0.454 e. The molecule has 0 aromatic heterocycles. The number of carbonyl (C=O) groups excluding carboxylic acids is 2. The Labute approximate surface area is 168 Å². The Morgan fingerprint density at radius 1 is 0.897 bits per heavy atom. The first-order chi connectivity index (χ1) is 14.1. The molecule has 2 aromatic rings. The van der Waals surface area contributed by atoms with Gasteiger partial charge in [-0.05, 0) is 42.5 Å². The van der Waals surface area contributed by atoms with Crippen LogP contribution in [0.15, 0.2) is 42.5 Å². The number of quaternary nitrogens is 2. The highest BCUT2D eigenvalue weighted by Crippen LogP contribution is 2.32. The Bertz CT molecular complexity index is 895. The third-order valence-electron chi connectivity index (χ3n) is 5.31. The van der Waals surface area contributed by atoms with Crippen molar-refractivity contribution < 1.29 is 33.3 Å². The minimum atomic E-state index is -0.331. The van der Waals surface area contributed by atoms with Gasteiger partial charge in [-0.15, -0.1) is 0 Å². The van der Waals surface area contributed by atoms with Crippen molar-refractivity contribution in [1.82, 2.24) is 0 Å². The highest BCUT2D eigenvalue weighted by atomic mass is 19.1. The Hall–Kier alpha value is -2.97.